The number of halogens is 1. The number of sulfonamides is 1. The Morgan fingerprint density at radius 1 is 1.00 bits per heavy atom. The molecular weight excluding hydrogens is 374 g/mol. The summed E-state index contributed by atoms with van der Waals surface area (Å²) < 4.78 is 30.4. The zero-order valence-electron chi connectivity index (χ0n) is 13.9. The SMILES string of the molecule is CS(=O)(=O)Nc1ccc(C(=O)COc2ccc(Cl)c3ccccc23)cc1. The minimum absolute atomic E-state index is 0.134. The maximum atomic E-state index is 12.3. The molecule has 3 aromatic rings. The van der Waals surface area contributed by atoms with Gasteiger partial charge in [-0.05, 0) is 36.4 Å². The molecule has 0 radical (unpaired) electrons. The molecule has 0 fully saturated rings. The molecule has 0 aliphatic heterocycles. The maximum Gasteiger partial charge on any atom is 0.229 e. The third-order valence-electron chi connectivity index (χ3n) is 3.70. The zero-order chi connectivity index (χ0) is 18.7. The molecule has 1 N–H and O–H groups in total. The third-order valence-corrected chi connectivity index (χ3v) is 4.64. The topological polar surface area (TPSA) is 72.5 Å². The van der Waals surface area contributed by atoms with Crippen LogP contribution in [-0.4, -0.2) is 27.1 Å². The molecule has 0 atom stereocenters. The molecular formula is C19H16ClNO4S. The number of hydrogen-bond acceptors (Lipinski definition) is 4. The normalized spacial score (nSPS) is 11.3. The van der Waals surface area contributed by atoms with Crippen LogP contribution in [0.15, 0.2) is 60.7 Å². The first-order valence-corrected chi connectivity index (χ1v) is 10.0. The number of carbonyl (C=O) groups is 1. The molecule has 134 valence electrons. The van der Waals surface area contributed by atoms with Gasteiger partial charge in [0.15, 0.2) is 12.4 Å². The highest BCUT2D eigenvalue weighted by atomic mass is 35.5. The Balaban J connectivity index is 1.72. The van der Waals surface area contributed by atoms with E-state index in [4.69, 9.17) is 16.3 Å². The summed E-state index contributed by atoms with van der Waals surface area (Å²) in [7, 11) is -3.35. The van der Waals surface area contributed by atoms with E-state index in [1.165, 1.54) is 12.1 Å². The van der Waals surface area contributed by atoms with Gasteiger partial charge in [-0.15, -0.1) is 0 Å². The van der Waals surface area contributed by atoms with E-state index < -0.39 is 10.0 Å². The minimum atomic E-state index is -3.35. The number of rotatable bonds is 6. The standard InChI is InChI=1S/C19H16ClNO4S/c1-26(23,24)21-14-8-6-13(7-9-14)18(22)12-25-19-11-10-17(20)15-4-2-3-5-16(15)19/h2-11,21H,12H2,1H3. The van der Waals surface area contributed by atoms with Crippen LogP contribution in [0.3, 0.4) is 0 Å². The van der Waals surface area contributed by atoms with E-state index in [1.807, 2.05) is 24.3 Å². The van der Waals surface area contributed by atoms with Gasteiger partial charge >= 0.3 is 0 Å². The Bertz CT molecular complexity index is 1060. The highest BCUT2D eigenvalue weighted by molar-refractivity contribution is 7.92. The van der Waals surface area contributed by atoms with Crippen LogP contribution in [0.5, 0.6) is 5.75 Å². The summed E-state index contributed by atoms with van der Waals surface area (Å²) in [6, 6.07) is 17.2. The lowest BCUT2D eigenvalue weighted by Crippen LogP contribution is -2.12. The second kappa shape index (κ2) is 7.35. The van der Waals surface area contributed by atoms with Crippen molar-refractivity contribution >= 4 is 43.9 Å². The molecule has 0 saturated carbocycles. The van der Waals surface area contributed by atoms with E-state index in [0.717, 1.165) is 17.0 Å². The van der Waals surface area contributed by atoms with Gasteiger partial charge in [0.25, 0.3) is 0 Å². The smallest absolute Gasteiger partial charge is 0.229 e. The first kappa shape index (κ1) is 18.2. The quantitative estimate of drug-likeness (QED) is 0.643. The van der Waals surface area contributed by atoms with Crippen LogP contribution >= 0.6 is 11.6 Å². The van der Waals surface area contributed by atoms with Crippen molar-refractivity contribution in [3.05, 3.63) is 71.2 Å². The molecule has 0 aromatic heterocycles. The number of fused-ring (bicyclic) bond motifs is 1. The van der Waals surface area contributed by atoms with Gasteiger partial charge in [-0.1, -0.05) is 35.9 Å². The number of nitrogens with one attached hydrogen (secondary N) is 1. The maximum absolute atomic E-state index is 12.3. The van der Waals surface area contributed by atoms with Crippen molar-refractivity contribution in [2.45, 2.75) is 0 Å². The molecule has 0 bridgehead atoms. The molecule has 0 unspecified atom stereocenters. The molecule has 0 aliphatic carbocycles. The second-order valence-corrected chi connectivity index (χ2v) is 7.91. The predicted octanol–water partition coefficient (Wildman–Crippen LogP) is 4.13. The van der Waals surface area contributed by atoms with E-state index in [2.05, 4.69) is 4.72 Å². The van der Waals surface area contributed by atoms with Gasteiger partial charge in [0.05, 0.1) is 6.26 Å². The van der Waals surface area contributed by atoms with E-state index in [1.54, 1.807) is 24.3 Å². The summed E-state index contributed by atoms with van der Waals surface area (Å²) >= 11 is 6.18. The summed E-state index contributed by atoms with van der Waals surface area (Å²) in [5.74, 6) is 0.364. The number of ketones is 1. The summed E-state index contributed by atoms with van der Waals surface area (Å²) in [6.07, 6.45) is 1.07. The Labute approximate surface area is 156 Å². The molecule has 0 aliphatic rings. The molecule has 0 amide bonds. The average Bonchev–Trinajstić information content (AvgIpc) is 2.60. The van der Waals surface area contributed by atoms with Crippen molar-refractivity contribution in [1.82, 2.24) is 0 Å². The van der Waals surface area contributed by atoms with Crippen molar-refractivity contribution < 1.29 is 17.9 Å². The molecule has 0 heterocycles. The molecule has 3 rings (SSSR count). The van der Waals surface area contributed by atoms with E-state index in [-0.39, 0.29) is 12.4 Å². The third kappa shape index (κ3) is 4.33. The number of anilines is 1. The highest BCUT2D eigenvalue weighted by Gasteiger charge is 2.10. The van der Waals surface area contributed by atoms with Crippen LogP contribution in [0.25, 0.3) is 10.8 Å². The summed E-state index contributed by atoms with van der Waals surface area (Å²) in [4.78, 5) is 12.3. The van der Waals surface area contributed by atoms with Crippen LogP contribution < -0.4 is 9.46 Å². The molecule has 5 nitrogen and oxygen atoms in total. The van der Waals surface area contributed by atoms with Crippen molar-refractivity contribution in [2.75, 3.05) is 17.6 Å². The van der Waals surface area contributed by atoms with Crippen LogP contribution in [0.4, 0.5) is 5.69 Å². The fourth-order valence-corrected chi connectivity index (χ4v) is 3.32. The van der Waals surface area contributed by atoms with E-state index in [0.29, 0.717) is 22.0 Å². The minimum Gasteiger partial charge on any atom is -0.485 e. The number of benzene rings is 3. The number of hydrogen-bond donors (Lipinski definition) is 1. The predicted molar refractivity (Wildman–Crippen MR) is 104 cm³/mol. The van der Waals surface area contributed by atoms with Crippen LogP contribution in [0, 0.1) is 0 Å². The Morgan fingerprint density at radius 3 is 2.31 bits per heavy atom. The molecule has 3 aromatic carbocycles. The van der Waals surface area contributed by atoms with Crippen LogP contribution in [0.2, 0.25) is 5.02 Å². The zero-order valence-corrected chi connectivity index (χ0v) is 15.5. The lowest BCUT2D eigenvalue weighted by molar-refractivity contribution is 0.0922. The Morgan fingerprint density at radius 2 is 1.65 bits per heavy atom. The number of carbonyl (C=O) groups excluding carboxylic acids is 1. The molecule has 26 heavy (non-hydrogen) atoms. The van der Waals surface area contributed by atoms with Crippen molar-refractivity contribution in [3.8, 4) is 5.75 Å². The second-order valence-electron chi connectivity index (χ2n) is 5.75. The summed E-state index contributed by atoms with van der Waals surface area (Å²) in [5.41, 5.74) is 0.830. The van der Waals surface area contributed by atoms with E-state index in [9.17, 15) is 13.2 Å². The van der Waals surface area contributed by atoms with Gasteiger partial charge in [-0.3, -0.25) is 9.52 Å². The van der Waals surface area contributed by atoms with Gasteiger partial charge in [0.2, 0.25) is 10.0 Å². The lowest BCUT2D eigenvalue weighted by atomic mass is 10.1. The monoisotopic (exact) mass is 389 g/mol. The van der Waals surface area contributed by atoms with Crippen molar-refractivity contribution in [2.24, 2.45) is 0 Å². The molecule has 0 saturated heterocycles. The lowest BCUT2D eigenvalue weighted by Gasteiger charge is -2.10. The van der Waals surface area contributed by atoms with Gasteiger partial charge in [0.1, 0.15) is 5.75 Å². The van der Waals surface area contributed by atoms with Crippen molar-refractivity contribution in [1.29, 1.82) is 0 Å². The first-order valence-electron chi connectivity index (χ1n) is 7.74. The van der Waals surface area contributed by atoms with E-state index >= 15 is 0 Å². The first-order chi connectivity index (χ1) is 12.3. The largest absolute Gasteiger partial charge is 0.485 e. The molecule has 7 heteroatoms. The molecule has 0 spiro atoms. The Kier molecular flexibility index (Phi) is 5.15. The average molecular weight is 390 g/mol. The summed E-state index contributed by atoms with van der Waals surface area (Å²) in [5, 5.41) is 2.31. The fourth-order valence-electron chi connectivity index (χ4n) is 2.53. The van der Waals surface area contributed by atoms with Gasteiger partial charge in [-0.2, -0.15) is 0 Å². The van der Waals surface area contributed by atoms with Crippen LogP contribution in [-0.2, 0) is 10.0 Å². The number of Topliss-reactive ketones (excluding diaryl/α,β-unsaturated/α-hetero) is 1. The van der Waals surface area contributed by atoms with Gasteiger partial charge in [-0.25, -0.2) is 8.42 Å². The number of ether oxygens (including phenoxy) is 1. The van der Waals surface area contributed by atoms with Crippen LogP contribution in [0.1, 0.15) is 10.4 Å². The fraction of sp³-hybridized carbons (Fsp3) is 0.105. The highest BCUT2D eigenvalue weighted by Crippen LogP contribution is 2.31. The van der Waals surface area contributed by atoms with Gasteiger partial charge < -0.3 is 4.74 Å². The van der Waals surface area contributed by atoms with Crippen molar-refractivity contribution in [3.63, 3.8) is 0 Å². The Hall–Kier alpha value is -2.57. The summed E-state index contributed by atoms with van der Waals surface area (Å²) in [6.45, 7) is -0.134. The van der Waals surface area contributed by atoms with Gasteiger partial charge in [0, 0.05) is 27.0 Å².